The molecule has 26 heavy (non-hydrogen) atoms. The van der Waals surface area contributed by atoms with Crippen LogP contribution in [0.15, 0.2) is 10.4 Å². The number of ether oxygens (including phenoxy) is 1. The fourth-order valence-corrected chi connectivity index (χ4v) is 3.66. The number of thiazole rings is 1. The van der Waals surface area contributed by atoms with Crippen molar-refractivity contribution in [1.29, 1.82) is 0 Å². The molecular weight excluding hydrogens is 350 g/mol. The molecule has 0 saturated carbocycles. The first kappa shape index (κ1) is 21.1. The SMILES string of the molecule is CCNC(=NCC(C)(O)CN1CCOCC1)NCCCc1nc(C)cs1. The van der Waals surface area contributed by atoms with Crippen molar-refractivity contribution in [3.05, 3.63) is 16.1 Å². The van der Waals surface area contributed by atoms with Crippen molar-refractivity contribution in [2.24, 2.45) is 4.99 Å². The molecule has 3 N–H and O–H groups in total. The summed E-state index contributed by atoms with van der Waals surface area (Å²) in [7, 11) is 0. The summed E-state index contributed by atoms with van der Waals surface area (Å²) in [6, 6.07) is 0. The fourth-order valence-electron chi connectivity index (χ4n) is 2.85. The van der Waals surface area contributed by atoms with Crippen molar-refractivity contribution in [2.75, 3.05) is 52.5 Å². The number of morpholine rings is 1. The lowest BCUT2D eigenvalue weighted by Crippen LogP contribution is -2.48. The lowest BCUT2D eigenvalue weighted by molar-refractivity contribution is -0.0179. The smallest absolute Gasteiger partial charge is 0.191 e. The molecule has 0 amide bonds. The minimum absolute atomic E-state index is 0.366. The van der Waals surface area contributed by atoms with Gasteiger partial charge in [-0.05, 0) is 27.2 Å². The van der Waals surface area contributed by atoms with E-state index >= 15 is 0 Å². The number of nitrogens with one attached hydrogen (secondary N) is 2. The van der Waals surface area contributed by atoms with E-state index in [4.69, 9.17) is 4.74 Å². The Morgan fingerprint density at radius 1 is 1.42 bits per heavy atom. The Hall–Kier alpha value is -1.22. The molecule has 148 valence electrons. The van der Waals surface area contributed by atoms with Crippen LogP contribution in [-0.2, 0) is 11.2 Å². The third-order valence-corrected chi connectivity index (χ3v) is 5.14. The summed E-state index contributed by atoms with van der Waals surface area (Å²) >= 11 is 1.72. The summed E-state index contributed by atoms with van der Waals surface area (Å²) in [4.78, 5) is 11.3. The molecule has 1 atom stereocenters. The van der Waals surface area contributed by atoms with Gasteiger partial charge in [0, 0.05) is 50.2 Å². The maximum Gasteiger partial charge on any atom is 0.191 e. The van der Waals surface area contributed by atoms with Crippen molar-refractivity contribution in [3.8, 4) is 0 Å². The molecule has 0 spiro atoms. The standard InChI is InChI=1S/C18H33N5O2S/c1-4-19-17(20-7-5-6-16-22-15(2)12-26-16)21-13-18(3,24)14-23-8-10-25-11-9-23/h12,24H,4-11,13-14H2,1-3H3,(H2,19,20,21). The molecule has 2 heterocycles. The van der Waals surface area contributed by atoms with Crippen molar-refractivity contribution in [2.45, 2.75) is 39.2 Å². The van der Waals surface area contributed by atoms with E-state index in [9.17, 15) is 5.11 Å². The molecule has 1 fully saturated rings. The highest BCUT2D eigenvalue weighted by Crippen LogP contribution is 2.11. The van der Waals surface area contributed by atoms with Gasteiger partial charge >= 0.3 is 0 Å². The number of nitrogens with zero attached hydrogens (tertiary/aromatic N) is 3. The van der Waals surface area contributed by atoms with Gasteiger partial charge in [-0.25, -0.2) is 4.98 Å². The predicted octanol–water partition coefficient (Wildman–Crippen LogP) is 1.02. The monoisotopic (exact) mass is 383 g/mol. The normalized spacial score (nSPS) is 18.5. The third kappa shape index (κ3) is 7.99. The molecule has 8 heteroatoms. The zero-order valence-corrected chi connectivity index (χ0v) is 17.1. The molecule has 1 aromatic heterocycles. The van der Waals surface area contributed by atoms with Crippen molar-refractivity contribution in [1.82, 2.24) is 20.5 Å². The van der Waals surface area contributed by atoms with Gasteiger partial charge in [0.25, 0.3) is 0 Å². The van der Waals surface area contributed by atoms with Crippen LogP contribution in [0.2, 0.25) is 0 Å². The Balaban J connectivity index is 1.74. The molecule has 1 aliphatic rings. The van der Waals surface area contributed by atoms with Crippen LogP contribution in [0.5, 0.6) is 0 Å². The summed E-state index contributed by atoms with van der Waals surface area (Å²) in [6.07, 6.45) is 1.97. The maximum atomic E-state index is 10.7. The van der Waals surface area contributed by atoms with Gasteiger partial charge in [0.1, 0.15) is 0 Å². The average Bonchev–Trinajstić information content (AvgIpc) is 3.02. The first-order chi connectivity index (χ1) is 12.5. The highest BCUT2D eigenvalue weighted by atomic mass is 32.1. The van der Waals surface area contributed by atoms with Crippen LogP contribution in [0, 0.1) is 6.92 Å². The number of guanidine groups is 1. The Labute approximate surface area is 160 Å². The van der Waals surface area contributed by atoms with Gasteiger partial charge in [0.05, 0.1) is 30.4 Å². The first-order valence-corrected chi connectivity index (χ1v) is 10.3. The first-order valence-electron chi connectivity index (χ1n) is 9.44. The lowest BCUT2D eigenvalue weighted by Gasteiger charge is -2.33. The molecule has 0 bridgehead atoms. The second kappa shape index (κ2) is 10.8. The maximum absolute atomic E-state index is 10.7. The minimum atomic E-state index is -0.849. The Morgan fingerprint density at radius 3 is 2.85 bits per heavy atom. The van der Waals surface area contributed by atoms with Crippen LogP contribution >= 0.6 is 11.3 Å². The number of aliphatic imine (C=N–C) groups is 1. The van der Waals surface area contributed by atoms with Gasteiger partial charge in [-0.15, -0.1) is 11.3 Å². The fraction of sp³-hybridized carbons (Fsp3) is 0.778. The molecule has 1 saturated heterocycles. The summed E-state index contributed by atoms with van der Waals surface area (Å²) in [6.45, 7) is 11.7. The van der Waals surface area contributed by atoms with Gasteiger partial charge in [-0.1, -0.05) is 0 Å². The highest BCUT2D eigenvalue weighted by molar-refractivity contribution is 7.09. The molecular formula is C18H33N5O2S. The molecule has 1 aliphatic heterocycles. The van der Waals surface area contributed by atoms with Gasteiger partial charge in [-0.3, -0.25) is 9.89 Å². The largest absolute Gasteiger partial charge is 0.387 e. The van der Waals surface area contributed by atoms with Crippen molar-refractivity contribution in [3.63, 3.8) is 0 Å². The molecule has 0 aromatic carbocycles. The molecule has 2 rings (SSSR count). The van der Waals surface area contributed by atoms with Gasteiger partial charge in [0.15, 0.2) is 5.96 Å². The minimum Gasteiger partial charge on any atom is -0.387 e. The zero-order chi connectivity index (χ0) is 18.8. The number of aliphatic hydroxyl groups is 1. The summed E-state index contributed by atoms with van der Waals surface area (Å²) < 4.78 is 5.36. The molecule has 0 radical (unpaired) electrons. The van der Waals surface area contributed by atoms with Gasteiger partial charge in [0.2, 0.25) is 0 Å². The summed E-state index contributed by atoms with van der Waals surface area (Å²) in [5.74, 6) is 0.755. The van der Waals surface area contributed by atoms with E-state index in [1.165, 1.54) is 5.01 Å². The number of hydrogen-bond acceptors (Lipinski definition) is 6. The summed E-state index contributed by atoms with van der Waals surface area (Å²) in [5, 5.41) is 20.5. The van der Waals surface area contributed by atoms with Crippen molar-refractivity contribution >= 4 is 17.3 Å². The van der Waals surface area contributed by atoms with E-state index in [0.717, 1.165) is 63.9 Å². The van der Waals surface area contributed by atoms with Crippen LogP contribution in [0.25, 0.3) is 0 Å². The van der Waals surface area contributed by atoms with Crippen LogP contribution in [0.1, 0.15) is 31.0 Å². The van der Waals surface area contributed by atoms with E-state index < -0.39 is 5.60 Å². The van der Waals surface area contributed by atoms with E-state index in [1.807, 2.05) is 20.8 Å². The predicted molar refractivity (Wildman–Crippen MR) is 107 cm³/mol. The van der Waals surface area contributed by atoms with Gasteiger partial charge in [-0.2, -0.15) is 0 Å². The number of hydrogen-bond donors (Lipinski definition) is 3. The number of aryl methyl sites for hydroxylation is 2. The Kier molecular flexibility index (Phi) is 8.77. The Morgan fingerprint density at radius 2 is 2.19 bits per heavy atom. The Bertz CT molecular complexity index is 556. The second-order valence-electron chi connectivity index (χ2n) is 6.99. The number of rotatable bonds is 9. The average molecular weight is 384 g/mol. The topological polar surface area (TPSA) is 82.0 Å². The van der Waals surface area contributed by atoms with E-state index in [-0.39, 0.29) is 0 Å². The van der Waals surface area contributed by atoms with Crippen LogP contribution in [-0.4, -0.2) is 79.0 Å². The van der Waals surface area contributed by atoms with Crippen LogP contribution < -0.4 is 10.6 Å². The van der Waals surface area contributed by atoms with E-state index in [2.05, 4.69) is 30.9 Å². The van der Waals surface area contributed by atoms with Crippen LogP contribution in [0.4, 0.5) is 0 Å². The molecule has 1 aromatic rings. The second-order valence-corrected chi connectivity index (χ2v) is 7.94. The number of β-amino-alcohol motifs (C(OH)–C–C–N with tert-alkyl or cyclic N) is 1. The quantitative estimate of drug-likeness (QED) is 0.336. The third-order valence-electron chi connectivity index (χ3n) is 4.12. The van der Waals surface area contributed by atoms with Crippen LogP contribution in [0.3, 0.4) is 0 Å². The van der Waals surface area contributed by atoms with Crippen molar-refractivity contribution < 1.29 is 9.84 Å². The molecule has 0 aliphatic carbocycles. The van der Waals surface area contributed by atoms with E-state index in [0.29, 0.717) is 13.1 Å². The molecule has 7 nitrogen and oxygen atoms in total. The number of aromatic nitrogens is 1. The van der Waals surface area contributed by atoms with E-state index in [1.54, 1.807) is 11.3 Å². The summed E-state index contributed by atoms with van der Waals surface area (Å²) in [5.41, 5.74) is 0.244. The highest BCUT2D eigenvalue weighted by Gasteiger charge is 2.25. The molecule has 1 unspecified atom stereocenters. The zero-order valence-electron chi connectivity index (χ0n) is 16.3. The lowest BCUT2D eigenvalue weighted by atomic mass is 10.1. The van der Waals surface area contributed by atoms with Gasteiger partial charge < -0.3 is 20.5 Å².